The van der Waals surface area contributed by atoms with Gasteiger partial charge >= 0.3 is 0 Å². The molecule has 2 nitrogen and oxygen atoms in total. The first kappa shape index (κ1) is 28.6. The van der Waals surface area contributed by atoms with Crippen LogP contribution in [0.5, 0.6) is 0 Å². The Morgan fingerprint density at radius 1 is 0.533 bits per heavy atom. The Hall–Kier alpha value is -3.86. The van der Waals surface area contributed by atoms with Crippen LogP contribution in [0.25, 0.3) is 65.8 Å². The summed E-state index contributed by atoms with van der Waals surface area (Å²) in [5.41, 5.74) is 10.2. The summed E-state index contributed by atoms with van der Waals surface area (Å²) >= 11 is 7.67. The molecule has 0 aliphatic rings. The predicted octanol–water partition coefficient (Wildman–Crippen LogP) is 13.0. The molecule has 45 heavy (non-hydrogen) atoms. The zero-order chi connectivity index (χ0) is 30.7. The van der Waals surface area contributed by atoms with Gasteiger partial charge in [-0.2, -0.15) is 0 Å². The van der Waals surface area contributed by atoms with Gasteiger partial charge < -0.3 is 9.13 Å². The topological polar surface area (TPSA) is 9.86 Å². The minimum Gasteiger partial charge on any atom is -0.309 e. The van der Waals surface area contributed by atoms with Crippen molar-refractivity contribution in [2.24, 2.45) is 0 Å². The number of unbranched alkanes of at least 4 members (excludes halogenated alkanes) is 3. The molecule has 2 heterocycles. The van der Waals surface area contributed by atoms with Crippen LogP contribution < -0.4 is 0 Å². The van der Waals surface area contributed by atoms with Crippen LogP contribution in [0.4, 0.5) is 0 Å². The summed E-state index contributed by atoms with van der Waals surface area (Å²) in [4.78, 5) is 0. The van der Waals surface area contributed by atoms with Gasteiger partial charge in [0.25, 0.3) is 0 Å². The molecule has 8 rings (SSSR count). The number of nitrogens with zero attached hydrogens (tertiary/aromatic N) is 2. The number of hydrogen-bond donors (Lipinski definition) is 0. The van der Waals surface area contributed by atoms with E-state index < -0.39 is 0 Å². The average molecular weight is 715 g/mol. The first-order chi connectivity index (χ1) is 22.0. The van der Waals surface area contributed by atoms with Crippen molar-refractivity contribution in [2.75, 3.05) is 0 Å². The lowest BCUT2D eigenvalue weighted by atomic mass is 10.00. The SMILES string of the molecule is CCCCCCc1cc(-n2c3ccccc3c3c4ccccc4c(Br)cc32)c(C)cc1-n1c2ccccc2c2cc(Br)ccc21. The maximum absolute atomic E-state index is 3.93. The molecule has 2 aromatic heterocycles. The van der Waals surface area contributed by atoms with Crippen molar-refractivity contribution < 1.29 is 0 Å². The highest BCUT2D eigenvalue weighted by molar-refractivity contribution is 9.11. The van der Waals surface area contributed by atoms with Crippen LogP contribution in [0.2, 0.25) is 0 Å². The Labute approximate surface area is 280 Å². The summed E-state index contributed by atoms with van der Waals surface area (Å²) in [6, 6.07) is 40.4. The fraction of sp³-hybridized carbons (Fsp3) is 0.171. The van der Waals surface area contributed by atoms with Crippen LogP contribution in [0.3, 0.4) is 0 Å². The average Bonchev–Trinajstić information content (AvgIpc) is 3.56. The Balaban J connectivity index is 1.44. The van der Waals surface area contributed by atoms with Crippen molar-refractivity contribution >= 4 is 86.2 Å². The first-order valence-corrected chi connectivity index (χ1v) is 17.6. The van der Waals surface area contributed by atoms with Gasteiger partial charge in [0.2, 0.25) is 0 Å². The fourth-order valence-electron chi connectivity index (χ4n) is 7.37. The van der Waals surface area contributed by atoms with Crippen molar-refractivity contribution in [3.63, 3.8) is 0 Å². The number of aromatic nitrogens is 2. The van der Waals surface area contributed by atoms with Gasteiger partial charge in [-0.05, 0) is 90.2 Å². The third kappa shape index (κ3) is 4.64. The number of benzene rings is 6. The number of hydrogen-bond acceptors (Lipinski definition) is 0. The van der Waals surface area contributed by atoms with Gasteiger partial charge in [-0.3, -0.25) is 0 Å². The van der Waals surface area contributed by atoms with Crippen molar-refractivity contribution in [1.82, 2.24) is 9.13 Å². The van der Waals surface area contributed by atoms with Crippen molar-refractivity contribution in [3.8, 4) is 11.4 Å². The summed E-state index contributed by atoms with van der Waals surface area (Å²) in [5.74, 6) is 0. The third-order valence-corrected chi connectivity index (χ3v) is 10.6. The van der Waals surface area contributed by atoms with E-state index in [1.807, 2.05) is 0 Å². The maximum Gasteiger partial charge on any atom is 0.0558 e. The van der Waals surface area contributed by atoms with Crippen LogP contribution >= 0.6 is 31.9 Å². The summed E-state index contributed by atoms with van der Waals surface area (Å²) in [6.45, 7) is 4.57. The van der Waals surface area contributed by atoms with E-state index in [9.17, 15) is 0 Å². The highest BCUT2D eigenvalue weighted by Gasteiger charge is 2.21. The lowest BCUT2D eigenvalue weighted by Crippen LogP contribution is -2.05. The summed E-state index contributed by atoms with van der Waals surface area (Å²) in [6.07, 6.45) is 5.96. The van der Waals surface area contributed by atoms with E-state index in [1.165, 1.54) is 103 Å². The Morgan fingerprint density at radius 2 is 1.18 bits per heavy atom. The zero-order valence-corrected chi connectivity index (χ0v) is 28.8. The summed E-state index contributed by atoms with van der Waals surface area (Å²) in [7, 11) is 0. The molecule has 0 aliphatic carbocycles. The minimum atomic E-state index is 1.04. The van der Waals surface area contributed by atoms with Crippen molar-refractivity contribution in [2.45, 2.75) is 46.0 Å². The molecular weight excluding hydrogens is 680 g/mol. The van der Waals surface area contributed by atoms with E-state index in [-0.39, 0.29) is 0 Å². The van der Waals surface area contributed by atoms with Gasteiger partial charge in [0.05, 0.1) is 22.1 Å². The number of rotatable bonds is 7. The molecule has 0 unspecified atom stereocenters. The maximum atomic E-state index is 3.93. The number of halogens is 2. The molecule has 0 saturated carbocycles. The molecule has 0 fully saturated rings. The molecule has 0 N–H and O–H groups in total. The first-order valence-electron chi connectivity index (χ1n) is 16.0. The van der Waals surface area contributed by atoms with E-state index in [2.05, 4.69) is 164 Å². The lowest BCUT2D eigenvalue weighted by molar-refractivity contribution is 0.665. The van der Waals surface area contributed by atoms with Crippen LogP contribution in [-0.4, -0.2) is 9.13 Å². The molecule has 6 aromatic carbocycles. The molecule has 0 spiro atoms. The summed E-state index contributed by atoms with van der Waals surface area (Å²) in [5, 5.41) is 7.68. The molecule has 8 aromatic rings. The van der Waals surface area contributed by atoms with Gasteiger partial charge in [0, 0.05) is 41.9 Å². The lowest BCUT2D eigenvalue weighted by Gasteiger charge is -2.19. The Bertz CT molecular complexity index is 2410. The number of fused-ring (bicyclic) bond motifs is 8. The van der Waals surface area contributed by atoms with Crippen molar-refractivity contribution in [3.05, 3.63) is 129 Å². The summed E-state index contributed by atoms with van der Waals surface area (Å²) < 4.78 is 7.23. The van der Waals surface area contributed by atoms with E-state index >= 15 is 0 Å². The predicted molar refractivity (Wildman–Crippen MR) is 201 cm³/mol. The quantitative estimate of drug-likeness (QED) is 0.146. The van der Waals surface area contributed by atoms with E-state index in [4.69, 9.17) is 0 Å². The van der Waals surface area contributed by atoms with E-state index in [1.54, 1.807) is 0 Å². The van der Waals surface area contributed by atoms with E-state index in [0.29, 0.717) is 0 Å². The standard InChI is InChI=1S/C41H34Br2N2/c1-3-4-5-6-13-27-23-38(26(2)22-39(27)44-35-18-11-9-15-30(35)33-24-28(42)20-21-37(33)44)45-36-19-12-10-17-32(36)41-31-16-8-7-14-29(31)34(43)25-40(41)45/h7-12,14-25H,3-6,13H2,1-2H3. The second-order valence-corrected chi connectivity index (χ2v) is 14.0. The zero-order valence-electron chi connectivity index (χ0n) is 25.6. The molecule has 222 valence electrons. The molecule has 0 bridgehead atoms. The van der Waals surface area contributed by atoms with Crippen molar-refractivity contribution in [1.29, 1.82) is 0 Å². The molecule has 0 atom stereocenters. The highest BCUT2D eigenvalue weighted by atomic mass is 79.9. The molecular formula is C41H34Br2N2. The highest BCUT2D eigenvalue weighted by Crippen LogP contribution is 2.42. The molecule has 4 heteroatoms. The molecule has 0 amide bonds. The van der Waals surface area contributed by atoms with Gasteiger partial charge in [-0.25, -0.2) is 0 Å². The fourth-order valence-corrected chi connectivity index (χ4v) is 8.29. The van der Waals surface area contributed by atoms with Crippen LogP contribution in [0.15, 0.2) is 118 Å². The third-order valence-electron chi connectivity index (χ3n) is 9.44. The minimum absolute atomic E-state index is 1.04. The largest absolute Gasteiger partial charge is 0.309 e. The van der Waals surface area contributed by atoms with Crippen LogP contribution in [0.1, 0.15) is 43.7 Å². The van der Waals surface area contributed by atoms with Gasteiger partial charge in [0.1, 0.15) is 0 Å². The van der Waals surface area contributed by atoms with Gasteiger partial charge in [-0.15, -0.1) is 0 Å². The molecule has 0 radical (unpaired) electrons. The van der Waals surface area contributed by atoms with E-state index in [0.717, 1.165) is 15.4 Å². The Morgan fingerprint density at radius 3 is 1.96 bits per heavy atom. The number of para-hydroxylation sites is 2. The smallest absolute Gasteiger partial charge is 0.0558 e. The second-order valence-electron chi connectivity index (χ2n) is 12.2. The monoisotopic (exact) mass is 712 g/mol. The second kappa shape index (κ2) is 11.5. The van der Waals surface area contributed by atoms with Crippen LogP contribution in [-0.2, 0) is 6.42 Å². The normalized spacial score (nSPS) is 12.0. The van der Waals surface area contributed by atoms with Gasteiger partial charge in [-0.1, -0.05) is 119 Å². The molecule has 0 saturated heterocycles. The number of aryl methyl sites for hydroxylation is 2. The molecule has 0 aliphatic heterocycles. The van der Waals surface area contributed by atoms with Crippen LogP contribution in [0, 0.1) is 6.92 Å². The van der Waals surface area contributed by atoms with Gasteiger partial charge in [0.15, 0.2) is 0 Å². The Kier molecular flexibility index (Phi) is 7.31.